The van der Waals surface area contributed by atoms with Crippen molar-refractivity contribution in [1.29, 1.82) is 0 Å². The molecule has 1 saturated heterocycles. The first-order chi connectivity index (χ1) is 6.68. The second-order valence-electron chi connectivity index (χ2n) is 4.01. The average Bonchev–Trinajstić information content (AvgIpc) is 2.31. The molecule has 2 N–H and O–H groups in total. The number of hydrogen-bond acceptors (Lipinski definition) is 2. The van der Waals surface area contributed by atoms with Crippen LogP contribution in [0, 0.1) is 0 Å². The Morgan fingerprint density at radius 2 is 2.14 bits per heavy atom. The Balaban J connectivity index is 2.23. The van der Waals surface area contributed by atoms with Crippen molar-refractivity contribution in [1.82, 2.24) is 10.6 Å². The maximum absolute atomic E-state index is 11.4. The average molecular weight is 200 g/mol. The van der Waals surface area contributed by atoms with Crippen LogP contribution in [-0.2, 0) is 4.74 Å². The van der Waals surface area contributed by atoms with Gasteiger partial charge in [0.1, 0.15) is 0 Å². The van der Waals surface area contributed by atoms with Gasteiger partial charge in [-0.3, -0.25) is 0 Å². The molecule has 0 aromatic heterocycles. The summed E-state index contributed by atoms with van der Waals surface area (Å²) < 4.78 is 5.32. The zero-order chi connectivity index (χ0) is 10.4. The molecule has 2 amide bonds. The minimum Gasteiger partial charge on any atom is -0.381 e. The second kappa shape index (κ2) is 5.86. The molecule has 82 valence electrons. The number of urea groups is 1. The third-order valence-electron chi connectivity index (χ3n) is 2.21. The van der Waals surface area contributed by atoms with Crippen molar-refractivity contribution in [2.24, 2.45) is 0 Å². The Morgan fingerprint density at radius 3 is 2.86 bits per heavy atom. The molecule has 1 rings (SSSR count). The van der Waals surface area contributed by atoms with Gasteiger partial charge in [0.05, 0.1) is 0 Å². The van der Waals surface area contributed by atoms with E-state index in [0.29, 0.717) is 0 Å². The Morgan fingerprint density at radius 1 is 1.36 bits per heavy atom. The summed E-state index contributed by atoms with van der Waals surface area (Å²) in [5, 5.41) is 5.78. The maximum Gasteiger partial charge on any atom is 0.315 e. The van der Waals surface area contributed by atoms with E-state index in [4.69, 9.17) is 4.74 Å². The monoisotopic (exact) mass is 200 g/mol. The van der Waals surface area contributed by atoms with Crippen LogP contribution in [0.4, 0.5) is 4.79 Å². The predicted octanol–water partition coefficient (Wildman–Crippen LogP) is 1.26. The van der Waals surface area contributed by atoms with E-state index in [1.165, 1.54) is 0 Å². The van der Waals surface area contributed by atoms with Crippen molar-refractivity contribution in [2.45, 2.75) is 45.2 Å². The van der Waals surface area contributed by atoms with Gasteiger partial charge >= 0.3 is 6.03 Å². The molecule has 1 fully saturated rings. The lowest BCUT2D eigenvalue weighted by atomic mass is 10.1. The summed E-state index contributed by atoms with van der Waals surface area (Å²) in [6, 6.07) is 0.403. The van der Waals surface area contributed by atoms with Gasteiger partial charge in [0.15, 0.2) is 0 Å². The predicted molar refractivity (Wildman–Crippen MR) is 55.3 cm³/mol. The molecule has 0 spiro atoms. The maximum atomic E-state index is 11.4. The van der Waals surface area contributed by atoms with Crippen LogP contribution in [0.1, 0.15) is 33.1 Å². The third kappa shape index (κ3) is 4.46. The molecule has 1 aliphatic heterocycles. The first-order valence-corrected chi connectivity index (χ1v) is 5.33. The lowest BCUT2D eigenvalue weighted by Crippen LogP contribution is -2.44. The van der Waals surface area contributed by atoms with E-state index in [2.05, 4.69) is 10.6 Å². The van der Waals surface area contributed by atoms with Crippen molar-refractivity contribution in [3.8, 4) is 0 Å². The number of ether oxygens (including phenoxy) is 1. The number of carbonyl (C=O) groups is 1. The van der Waals surface area contributed by atoms with Crippen LogP contribution in [-0.4, -0.2) is 31.3 Å². The summed E-state index contributed by atoms with van der Waals surface area (Å²) in [4.78, 5) is 11.4. The van der Waals surface area contributed by atoms with Crippen LogP contribution >= 0.6 is 0 Å². The van der Waals surface area contributed by atoms with E-state index in [1.54, 1.807) is 0 Å². The third-order valence-corrected chi connectivity index (χ3v) is 2.21. The molecule has 0 saturated carbocycles. The van der Waals surface area contributed by atoms with Crippen molar-refractivity contribution in [3.05, 3.63) is 0 Å². The standard InChI is InChI=1S/C10H20N2O2/c1-8(2)11-10(13)12-9-4-3-6-14-7-5-9/h8-9H,3-7H2,1-2H3,(H2,11,12,13). The Bertz CT molecular complexity index is 175. The highest BCUT2D eigenvalue weighted by Crippen LogP contribution is 2.07. The molecule has 4 nitrogen and oxygen atoms in total. The van der Waals surface area contributed by atoms with Crippen LogP contribution in [0.3, 0.4) is 0 Å². The Hall–Kier alpha value is -0.770. The molecular weight excluding hydrogens is 180 g/mol. The smallest absolute Gasteiger partial charge is 0.315 e. The van der Waals surface area contributed by atoms with E-state index < -0.39 is 0 Å². The summed E-state index contributed by atoms with van der Waals surface area (Å²) in [5.41, 5.74) is 0. The van der Waals surface area contributed by atoms with Crippen molar-refractivity contribution in [3.63, 3.8) is 0 Å². The molecule has 1 unspecified atom stereocenters. The van der Waals surface area contributed by atoms with Gasteiger partial charge in [-0.1, -0.05) is 0 Å². The number of nitrogens with one attached hydrogen (secondary N) is 2. The van der Waals surface area contributed by atoms with Crippen LogP contribution in [0.5, 0.6) is 0 Å². The number of hydrogen-bond donors (Lipinski definition) is 2. The summed E-state index contributed by atoms with van der Waals surface area (Å²) in [5.74, 6) is 0. The molecule has 0 aromatic carbocycles. The Kier molecular flexibility index (Phi) is 4.73. The van der Waals surface area contributed by atoms with Crippen LogP contribution in [0.15, 0.2) is 0 Å². The highest BCUT2D eigenvalue weighted by molar-refractivity contribution is 5.74. The number of rotatable bonds is 2. The topological polar surface area (TPSA) is 50.4 Å². The van der Waals surface area contributed by atoms with E-state index in [1.807, 2.05) is 13.8 Å². The normalized spacial score (nSPS) is 22.9. The molecule has 14 heavy (non-hydrogen) atoms. The van der Waals surface area contributed by atoms with Crippen LogP contribution in [0.2, 0.25) is 0 Å². The van der Waals surface area contributed by atoms with Gasteiger partial charge < -0.3 is 15.4 Å². The van der Waals surface area contributed by atoms with E-state index >= 15 is 0 Å². The number of carbonyl (C=O) groups excluding carboxylic acids is 1. The zero-order valence-electron chi connectivity index (χ0n) is 9.01. The molecule has 1 atom stereocenters. The SMILES string of the molecule is CC(C)NC(=O)NC1CCCOCC1. The van der Waals surface area contributed by atoms with Gasteiger partial charge in [0.2, 0.25) is 0 Å². The highest BCUT2D eigenvalue weighted by Gasteiger charge is 2.14. The summed E-state index contributed by atoms with van der Waals surface area (Å²) in [6.45, 7) is 5.49. The quantitative estimate of drug-likeness (QED) is 0.705. The molecule has 0 radical (unpaired) electrons. The lowest BCUT2D eigenvalue weighted by molar-refractivity contribution is 0.142. The molecule has 0 aliphatic carbocycles. The minimum atomic E-state index is -0.0631. The highest BCUT2D eigenvalue weighted by atomic mass is 16.5. The number of amides is 2. The van der Waals surface area contributed by atoms with Gasteiger partial charge in [-0.15, -0.1) is 0 Å². The fraction of sp³-hybridized carbons (Fsp3) is 0.900. The molecule has 0 bridgehead atoms. The van der Waals surface area contributed by atoms with Crippen molar-refractivity contribution in [2.75, 3.05) is 13.2 Å². The van der Waals surface area contributed by atoms with E-state index in [-0.39, 0.29) is 18.1 Å². The van der Waals surface area contributed by atoms with Gasteiger partial charge in [-0.05, 0) is 33.1 Å². The van der Waals surface area contributed by atoms with Crippen molar-refractivity contribution >= 4 is 6.03 Å². The first-order valence-electron chi connectivity index (χ1n) is 5.33. The molecular formula is C10H20N2O2. The summed E-state index contributed by atoms with van der Waals surface area (Å²) in [6.07, 6.45) is 2.98. The fourth-order valence-electron chi connectivity index (χ4n) is 1.54. The molecule has 1 heterocycles. The molecule has 1 aliphatic rings. The second-order valence-corrected chi connectivity index (χ2v) is 4.01. The van der Waals surface area contributed by atoms with Gasteiger partial charge in [0, 0.05) is 25.3 Å². The summed E-state index contributed by atoms with van der Waals surface area (Å²) in [7, 11) is 0. The van der Waals surface area contributed by atoms with E-state index in [9.17, 15) is 4.79 Å². The van der Waals surface area contributed by atoms with Crippen molar-refractivity contribution < 1.29 is 9.53 Å². The molecule has 4 heteroatoms. The van der Waals surface area contributed by atoms with Gasteiger partial charge in [-0.2, -0.15) is 0 Å². The summed E-state index contributed by atoms with van der Waals surface area (Å²) >= 11 is 0. The molecule has 0 aromatic rings. The first kappa shape index (κ1) is 11.3. The fourth-order valence-corrected chi connectivity index (χ4v) is 1.54. The zero-order valence-corrected chi connectivity index (χ0v) is 9.01. The van der Waals surface area contributed by atoms with Gasteiger partial charge in [0.25, 0.3) is 0 Å². The minimum absolute atomic E-state index is 0.0631. The van der Waals surface area contributed by atoms with Crippen LogP contribution in [0.25, 0.3) is 0 Å². The van der Waals surface area contributed by atoms with Crippen LogP contribution < -0.4 is 10.6 Å². The lowest BCUT2D eigenvalue weighted by Gasteiger charge is -2.17. The Labute approximate surface area is 85.4 Å². The largest absolute Gasteiger partial charge is 0.381 e. The van der Waals surface area contributed by atoms with Gasteiger partial charge in [-0.25, -0.2) is 4.79 Å². The van der Waals surface area contributed by atoms with E-state index in [0.717, 1.165) is 32.5 Å².